The molecule has 0 spiro atoms. The van der Waals surface area contributed by atoms with Gasteiger partial charge in [-0.1, -0.05) is 0 Å². The lowest BCUT2D eigenvalue weighted by Crippen LogP contribution is -1.89. The molecule has 0 aliphatic heterocycles. The van der Waals surface area contributed by atoms with Gasteiger partial charge in [-0.25, -0.2) is 0 Å². The summed E-state index contributed by atoms with van der Waals surface area (Å²) in [6.07, 6.45) is 0. The average Bonchev–Trinajstić information content (AvgIpc) is 0.722. The highest BCUT2D eigenvalue weighted by molar-refractivity contribution is 7.79. The van der Waals surface area contributed by atoms with Gasteiger partial charge in [-0.3, -0.25) is 9.11 Å². The zero-order valence-corrected chi connectivity index (χ0v) is 6.44. The van der Waals surface area contributed by atoms with Gasteiger partial charge in [0.1, 0.15) is 0 Å². The van der Waals surface area contributed by atoms with E-state index in [2.05, 4.69) is 0 Å². The van der Waals surface area contributed by atoms with Gasteiger partial charge < -0.3 is 38.3 Å². The van der Waals surface area contributed by atoms with Crippen LogP contribution in [-0.2, 0) is 10.4 Å². The molecule has 0 rings (SSSR count). The van der Waals surface area contributed by atoms with Crippen LogP contribution in [0, 0.1) is 0 Å². The molecule has 0 aliphatic rings. The summed E-state index contributed by atoms with van der Waals surface area (Å²) >= 11 is 0. The molecule has 11 nitrogen and oxygen atoms in total. The van der Waals surface area contributed by atoms with Crippen LogP contribution in [-0.4, -0.2) is 102 Å². The van der Waals surface area contributed by atoms with Crippen LogP contribution in [0.3, 0.4) is 0 Å². The van der Waals surface area contributed by atoms with Crippen molar-refractivity contribution < 1.29 is 55.9 Å². The molecule has 16 N–H and O–H groups in total. The van der Waals surface area contributed by atoms with E-state index in [-0.39, 0.29) is 84.4 Å². The summed E-state index contributed by atoms with van der Waals surface area (Å²) in [4.78, 5) is 0. The second-order valence-electron chi connectivity index (χ2n) is 0.448. The Labute approximate surface area is 112 Å². The maximum atomic E-state index is 8.74. The van der Waals surface area contributed by atoms with Crippen molar-refractivity contribution in [3.05, 3.63) is 0 Å². The lowest BCUT2D eigenvalue weighted by molar-refractivity contribution is 0.381. The Morgan fingerprint density at radius 2 is 0.571 bits per heavy atom. The molecule has 0 aromatic heterocycles. The first-order chi connectivity index (χ1) is 2.00. The van der Waals surface area contributed by atoms with Crippen molar-refractivity contribution >= 4 is 56.5 Å². The molecule has 0 unspecified atom stereocenters. The summed E-state index contributed by atoms with van der Waals surface area (Å²) < 4.78 is 31.6. The van der Waals surface area contributed by atoms with Crippen LogP contribution in [0.5, 0.6) is 0 Å². The van der Waals surface area contributed by atoms with Gasteiger partial charge in [-0.15, -0.1) is 0 Å². The van der Waals surface area contributed by atoms with E-state index in [4.69, 9.17) is 17.5 Å². The monoisotopic (exact) mass is 276 g/mol. The smallest absolute Gasteiger partial charge is 0.394 e. The molecule has 0 bridgehead atoms. The van der Waals surface area contributed by atoms with E-state index < -0.39 is 10.4 Å². The molecule has 0 aromatic rings. The average molecular weight is 277 g/mol. The summed E-state index contributed by atoms with van der Waals surface area (Å²) in [6, 6.07) is 0. The zero-order chi connectivity index (χ0) is 4.50. The minimum absolute atomic E-state index is 0. The molecule has 0 aliphatic carbocycles. The molecule has 0 saturated carbocycles. The predicted molar refractivity (Wildman–Crippen MR) is 56.6 cm³/mol. The summed E-state index contributed by atoms with van der Waals surface area (Å²) in [6.45, 7) is 0. The van der Waals surface area contributed by atoms with Crippen molar-refractivity contribution in [3.63, 3.8) is 0 Å². The van der Waals surface area contributed by atoms with Crippen molar-refractivity contribution in [2.24, 2.45) is 0 Å². The number of rotatable bonds is 0. The molecule has 14 heavy (non-hydrogen) atoms. The normalized spacial score (nSPS) is 4.14. The van der Waals surface area contributed by atoms with E-state index in [1.807, 2.05) is 0 Å². The van der Waals surface area contributed by atoms with E-state index in [0.717, 1.165) is 0 Å². The lowest BCUT2D eigenvalue weighted by atomic mass is 15.8. The van der Waals surface area contributed by atoms with E-state index in [0.29, 0.717) is 0 Å². The van der Waals surface area contributed by atoms with E-state index in [1.54, 1.807) is 0 Å². The van der Waals surface area contributed by atoms with Crippen molar-refractivity contribution in [1.82, 2.24) is 0 Å². The fraction of sp³-hybridized carbons (Fsp3) is 0. The molecule has 96 valence electrons. The summed E-state index contributed by atoms with van der Waals surface area (Å²) in [5, 5.41) is 0. The van der Waals surface area contributed by atoms with Gasteiger partial charge in [-0.2, -0.15) is 8.42 Å². The molecule has 0 aromatic carbocycles. The SMILES string of the molecule is O.O.O.O.O.O.O.O=S(=O)(O)O.[MgH2].[MgH2]. The Kier molecular flexibility index (Phi) is 394. The van der Waals surface area contributed by atoms with Gasteiger partial charge in [0, 0.05) is 0 Å². The second kappa shape index (κ2) is 47.9. The minimum atomic E-state index is -4.67. The Morgan fingerprint density at radius 1 is 0.571 bits per heavy atom. The standard InChI is InChI=1S/2Mg.H2O4S.7H2O.4H/c;;1-5(2,3)4;;;;;;;;;;;/h;;(H2,1,2,3,4);7*1H2;;;;. The van der Waals surface area contributed by atoms with Crippen LogP contribution in [0.4, 0.5) is 0 Å². The molecule has 0 heterocycles. The van der Waals surface area contributed by atoms with Gasteiger partial charge in [-0.05, 0) is 0 Å². The Morgan fingerprint density at radius 3 is 0.571 bits per heavy atom. The molecule has 0 fully saturated rings. The first-order valence-electron chi connectivity index (χ1n) is 0.698. The van der Waals surface area contributed by atoms with Gasteiger partial charge in [0.15, 0.2) is 0 Å². The van der Waals surface area contributed by atoms with Crippen molar-refractivity contribution in [2.75, 3.05) is 0 Å². The predicted octanol–water partition coefficient (Wildman–Crippen LogP) is -8.26. The Hall–Kier alpha value is 1.12. The fourth-order valence-corrected chi connectivity index (χ4v) is 0. The molecule has 0 radical (unpaired) electrons. The van der Waals surface area contributed by atoms with Gasteiger partial charge in [0.25, 0.3) is 0 Å². The fourth-order valence-electron chi connectivity index (χ4n) is 0. The third-order valence-corrected chi connectivity index (χ3v) is 0. The van der Waals surface area contributed by atoms with Crippen LogP contribution in [0.2, 0.25) is 0 Å². The van der Waals surface area contributed by atoms with Crippen LogP contribution in [0.25, 0.3) is 0 Å². The first kappa shape index (κ1) is 115. The maximum absolute atomic E-state index is 8.74. The minimum Gasteiger partial charge on any atom is -0.412 e. The lowest BCUT2D eigenvalue weighted by Gasteiger charge is -1.68. The quantitative estimate of drug-likeness (QED) is 0.321. The van der Waals surface area contributed by atoms with E-state index in [9.17, 15) is 0 Å². The van der Waals surface area contributed by atoms with Crippen LogP contribution >= 0.6 is 0 Å². The van der Waals surface area contributed by atoms with Gasteiger partial charge in [0.2, 0.25) is 0 Å². The Balaban J connectivity index is -0.00000000222. The zero-order valence-electron chi connectivity index (χ0n) is 5.62. The highest BCUT2D eigenvalue weighted by Gasteiger charge is 1.84. The largest absolute Gasteiger partial charge is 0.412 e. The third-order valence-electron chi connectivity index (χ3n) is 0. The van der Waals surface area contributed by atoms with Crippen molar-refractivity contribution in [1.29, 1.82) is 0 Å². The molecule has 14 heteroatoms. The highest BCUT2D eigenvalue weighted by atomic mass is 32.3. The molecule has 0 atom stereocenters. The third kappa shape index (κ3) is 1530. The first-order valence-corrected chi connectivity index (χ1v) is 2.10. The van der Waals surface area contributed by atoms with Crippen molar-refractivity contribution in [3.8, 4) is 0 Å². The van der Waals surface area contributed by atoms with Crippen LogP contribution in [0.15, 0.2) is 0 Å². The summed E-state index contributed by atoms with van der Waals surface area (Å²) in [7, 11) is -4.67. The second-order valence-corrected chi connectivity index (χ2v) is 1.34. The molecular weight excluding hydrogens is 257 g/mol. The molecular formula is H20Mg2O11S. The van der Waals surface area contributed by atoms with E-state index in [1.165, 1.54) is 0 Å². The van der Waals surface area contributed by atoms with Gasteiger partial charge >= 0.3 is 56.5 Å². The topological polar surface area (TPSA) is 295 Å². The molecule has 0 saturated heterocycles. The number of hydrogen-bond acceptors (Lipinski definition) is 2. The summed E-state index contributed by atoms with van der Waals surface area (Å²) in [5.74, 6) is 0. The van der Waals surface area contributed by atoms with Crippen molar-refractivity contribution in [2.45, 2.75) is 0 Å². The molecule has 0 amide bonds. The maximum Gasteiger partial charge on any atom is 0.394 e. The summed E-state index contributed by atoms with van der Waals surface area (Å²) in [5.41, 5.74) is 0. The van der Waals surface area contributed by atoms with Crippen LogP contribution < -0.4 is 0 Å². The van der Waals surface area contributed by atoms with Gasteiger partial charge in [0.05, 0.1) is 0 Å². The Bertz CT molecular complexity index is 96.5. The van der Waals surface area contributed by atoms with Crippen LogP contribution in [0.1, 0.15) is 0 Å². The highest BCUT2D eigenvalue weighted by Crippen LogP contribution is 1.59. The number of hydrogen-bond donors (Lipinski definition) is 2. The van der Waals surface area contributed by atoms with E-state index >= 15 is 0 Å².